The Morgan fingerprint density at radius 1 is 1.07 bits per heavy atom. The molecule has 30 heavy (non-hydrogen) atoms. The lowest BCUT2D eigenvalue weighted by Crippen LogP contribution is -2.50. The molecule has 0 saturated heterocycles. The predicted octanol–water partition coefficient (Wildman–Crippen LogP) is 5.15. The Morgan fingerprint density at radius 2 is 1.70 bits per heavy atom. The zero-order chi connectivity index (χ0) is 21.7. The molecule has 1 N–H and O–H groups in total. The first kappa shape index (κ1) is 22.6. The quantitative estimate of drug-likeness (QED) is 0.633. The van der Waals surface area contributed by atoms with Gasteiger partial charge in [0.2, 0.25) is 11.8 Å². The van der Waals surface area contributed by atoms with Gasteiger partial charge in [0.25, 0.3) is 0 Å². The number of hydrogen-bond acceptors (Lipinski definition) is 2. The third-order valence-electron chi connectivity index (χ3n) is 5.47. The normalized spacial score (nSPS) is 15.1. The number of rotatable bonds is 7. The lowest BCUT2D eigenvalue weighted by molar-refractivity contribution is -0.140. The molecule has 1 saturated carbocycles. The van der Waals surface area contributed by atoms with Crippen LogP contribution in [0.15, 0.2) is 42.5 Å². The summed E-state index contributed by atoms with van der Waals surface area (Å²) >= 11 is 12.0. The van der Waals surface area contributed by atoms with Crippen molar-refractivity contribution in [1.82, 2.24) is 10.2 Å². The molecule has 3 rings (SSSR count). The molecule has 2 aromatic carbocycles. The number of carbonyl (C=O) groups is 2. The first-order chi connectivity index (χ1) is 14.3. The Bertz CT molecular complexity index is 899. The van der Waals surface area contributed by atoms with Crippen LogP contribution in [0.4, 0.5) is 4.39 Å². The molecule has 0 aromatic heterocycles. The van der Waals surface area contributed by atoms with Gasteiger partial charge in [-0.15, -0.1) is 0 Å². The average molecular weight is 451 g/mol. The highest BCUT2D eigenvalue weighted by molar-refractivity contribution is 6.42. The molecule has 2 aromatic rings. The van der Waals surface area contributed by atoms with Gasteiger partial charge < -0.3 is 10.2 Å². The maximum absolute atomic E-state index is 13.3. The molecular weight excluding hydrogens is 426 g/mol. The van der Waals surface area contributed by atoms with Crippen LogP contribution in [-0.2, 0) is 22.6 Å². The van der Waals surface area contributed by atoms with E-state index in [9.17, 15) is 14.0 Å². The molecule has 7 heteroatoms. The number of hydrogen-bond donors (Lipinski definition) is 1. The van der Waals surface area contributed by atoms with Gasteiger partial charge >= 0.3 is 0 Å². The average Bonchev–Trinajstić information content (AvgIpc) is 3.22. The molecule has 1 atom stereocenters. The van der Waals surface area contributed by atoms with Gasteiger partial charge in [0.05, 0.1) is 16.5 Å². The Balaban J connectivity index is 1.77. The number of amides is 2. The highest BCUT2D eigenvalue weighted by Crippen LogP contribution is 2.24. The van der Waals surface area contributed by atoms with Crippen molar-refractivity contribution >= 4 is 35.0 Å². The Labute approximate surface area is 186 Å². The minimum Gasteiger partial charge on any atom is -0.352 e. The fraction of sp³-hybridized carbons (Fsp3) is 0.391. The highest BCUT2D eigenvalue weighted by Gasteiger charge is 2.28. The molecule has 1 aliphatic rings. The maximum Gasteiger partial charge on any atom is 0.242 e. The molecule has 2 amide bonds. The smallest absolute Gasteiger partial charge is 0.242 e. The van der Waals surface area contributed by atoms with Gasteiger partial charge in [-0.1, -0.05) is 54.2 Å². The van der Waals surface area contributed by atoms with E-state index in [1.165, 1.54) is 17.0 Å². The summed E-state index contributed by atoms with van der Waals surface area (Å²) in [6.07, 6.45) is 4.23. The van der Waals surface area contributed by atoms with E-state index in [-0.39, 0.29) is 36.6 Å². The topological polar surface area (TPSA) is 49.4 Å². The third-order valence-corrected chi connectivity index (χ3v) is 6.21. The molecule has 0 spiro atoms. The Kier molecular flexibility index (Phi) is 7.73. The summed E-state index contributed by atoms with van der Waals surface area (Å²) in [5, 5.41) is 3.85. The zero-order valence-electron chi connectivity index (χ0n) is 16.8. The van der Waals surface area contributed by atoms with Crippen molar-refractivity contribution in [2.24, 2.45) is 0 Å². The summed E-state index contributed by atoms with van der Waals surface area (Å²) in [7, 11) is 0. The van der Waals surface area contributed by atoms with Crippen LogP contribution >= 0.6 is 23.2 Å². The minimum atomic E-state index is -0.661. The SMILES string of the molecule is C[C@H](C(=O)NC1CCCC1)N(Cc1ccc(F)cc1)C(=O)Cc1ccc(Cl)c(Cl)c1. The largest absolute Gasteiger partial charge is 0.352 e. The molecule has 4 nitrogen and oxygen atoms in total. The summed E-state index contributed by atoms with van der Waals surface area (Å²) < 4.78 is 13.3. The summed E-state index contributed by atoms with van der Waals surface area (Å²) in [6, 6.07) is 10.5. The van der Waals surface area contributed by atoms with E-state index in [4.69, 9.17) is 23.2 Å². The highest BCUT2D eigenvalue weighted by atomic mass is 35.5. The first-order valence-electron chi connectivity index (χ1n) is 10.1. The maximum atomic E-state index is 13.3. The number of nitrogens with zero attached hydrogens (tertiary/aromatic N) is 1. The second kappa shape index (κ2) is 10.3. The monoisotopic (exact) mass is 450 g/mol. The standard InChI is InChI=1S/C23H25Cl2FN2O2/c1-15(23(30)27-19-4-2-3-5-19)28(14-16-6-9-18(26)10-7-16)22(29)13-17-8-11-20(24)21(25)12-17/h6-12,15,19H,2-5,13-14H2,1H3,(H,27,30)/t15-/m1/s1. The second-order valence-electron chi connectivity index (χ2n) is 7.74. The minimum absolute atomic E-state index is 0.0825. The van der Waals surface area contributed by atoms with Crippen molar-refractivity contribution in [2.45, 2.75) is 57.7 Å². The summed E-state index contributed by atoms with van der Waals surface area (Å²) in [5.41, 5.74) is 1.46. The summed E-state index contributed by atoms with van der Waals surface area (Å²) in [6.45, 7) is 1.93. The van der Waals surface area contributed by atoms with E-state index in [2.05, 4.69) is 5.32 Å². The van der Waals surface area contributed by atoms with Gasteiger partial charge in [-0.05, 0) is 55.2 Å². The third kappa shape index (κ3) is 5.96. The van der Waals surface area contributed by atoms with Crippen LogP contribution in [0.25, 0.3) is 0 Å². The summed E-state index contributed by atoms with van der Waals surface area (Å²) in [5.74, 6) is -0.738. The van der Waals surface area contributed by atoms with Crippen molar-refractivity contribution in [3.05, 3.63) is 69.5 Å². The van der Waals surface area contributed by atoms with Crippen LogP contribution < -0.4 is 5.32 Å². The van der Waals surface area contributed by atoms with Crippen LogP contribution in [0.1, 0.15) is 43.7 Å². The van der Waals surface area contributed by atoms with E-state index in [0.717, 1.165) is 31.2 Å². The molecular formula is C23H25Cl2FN2O2. The van der Waals surface area contributed by atoms with E-state index in [0.29, 0.717) is 15.6 Å². The molecule has 0 aliphatic heterocycles. The molecule has 1 aliphatic carbocycles. The van der Waals surface area contributed by atoms with Crippen LogP contribution in [0.2, 0.25) is 10.0 Å². The summed E-state index contributed by atoms with van der Waals surface area (Å²) in [4.78, 5) is 27.5. The van der Waals surface area contributed by atoms with E-state index >= 15 is 0 Å². The lowest BCUT2D eigenvalue weighted by Gasteiger charge is -2.30. The Morgan fingerprint density at radius 3 is 2.33 bits per heavy atom. The van der Waals surface area contributed by atoms with Gasteiger partial charge in [0.15, 0.2) is 0 Å². The van der Waals surface area contributed by atoms with E-state index < -0.39 is 6.04 Å². The van der Waals surface area contributed by atoms with Crippen LogP contribution in [0, 0.1) is 5.82 Å². The molecule has 0 bridgehead atoms. The number of benzene rings is 2. The molecule has 160 valence electrons. The predicted molar refractivity (Wildman–Crippen MR) is 117 cm³/mol. The number of carbonyl (C=O) groups excluding carboxylic acids is 2. The van der Waals surface area contributed by atoms with Crippen molar-refractivity contribution in [3.8, 4) is 0 Å². The fourth-order valence-corrected chi connectivity index (χ4v) is 4.01. The molecule has 0 unspecified atom stereocenters. The van der Waals surface area contributed by atoms with Gasteiger partial charge in [0, 0.05) is 12.6 Å². The number of halogens is 3. The second-order valence-corrected chi connectivity index (χ2v) is 8.55. The van der Waals surface area contributed by atoms with Crippen LogP contribution in [-0.4, -0.2) is 28.8 Å². The molecule has 0 radical (unpaired) electrons. The lowest BCUT2D eigenvalue weighted by atomic mass is 10.1. The molecule has 0 heterocycles. The van der Waals surface area contributed by atoms with Crippen molar-refractivity contribution < 1.29 is 14.0 Å². The number of nitrogens with one attached hydrogen (secondary N) is 1. The van der Waals surface area contributed by atoms with Gasteiger partial charge in [-0.3, -0.25) is 9.59 Å². The molecule has 1 fully saturated rings. The zero-order valence-corrected chi connectivity index (χ0v) is 18.3. The fourth-order valence-electron chi connectivity index (χ4n) is 3.69. The van der Waals surface area contributed by atoms with Crippen LogP contribution in [0.3, 0.4) is 0 Å². The van der Waals surface area contributed by atoms with Gasteiger partial charge in [-0.25, -0.2) is 4.39 Å². The van der Waals surface area contributed by atoms with Crippen molar-refractivity contribution in [3.63, 3.8) is 0 Å². The van der Waals surface area contributed by atoms with Gasteiger partial charge in [0.1, 0.15) is 11.9 Å². The van der Waals surface area contributed by atoms with Crippen LogP contribution in [0.5, 0.6) is 0 Å². The van der Waals surface area contributed by atoms with E-state index in [1.54, 1.807) is 37.3 Å². The van der Waals surface area contributed by atoms with Crippen molar-refractivity contribution in [1.29, 1.82) is 0 Å². The Hall–Kier alpha value is -2.11. The van der Waals surface area contributed by atoms with Gasteiger partial charge in [-0.2, -0.15) is 0 Å². The first-order valence-corrected chi connectivity index (χ1v) is 10.9. The van der Waals surface area contributed by atoms with E-state index in [1.807, 2.05) is 0 Å². The van der Waals surface area contributed by atoms with Crippen molar-refractivity contribution in [2.75, 3.05) is 0 Å².